The molecule has 3 rings (SSSR count). The molecule has 4 heteroatoms. The van der Waals surface area contributed by atoms with Crippen LogP contribution in [0, 0.1) is 0 Å². The number of carbonyl (C=O) groups excluding carboxylic acids is 2. The molecule has 0 atom stereocenters. The van der Waals surface area contributed by atoms with Gasteiger partial charge in [0, 0.05) is 34.1 Å². The number of hydrogen-bond donors (Lipinski definition) is 1. The highest BCUT2D eigenvalue weighted by atomic mass is 16.2. The Balaban J connectivity index is 2.22. The number of carbonyl (C=O) groups is 2. The topological polar surface area (TPSA) is 49.4 Å². The second-order valence-electron chi connectivity index (χ2n) is 5.09. The molecule has 2 heterocycles. The Morgan fingerprint density at radius 1 is 1.05 bits per heavy atom. The molecule has 1 aromatic rings. The van der Waals surface area contributed by atoms with E-state index >= 15 is 0 Å². The molecule has 0 fully saturated rings. The summed E-state index contributed by atoms with van der Waals surface area (Å²) in [5.74, 6) is -0.299. The third-order valence-electron chi connectivity index (χ3n) is 3.56. The molecule has 2 amide bonds. The normalized spacial score (nSPS) is 17.1. The molecule has 0 radical (unpaired) electrons. The van der Waals surface area contributed by atoms with Crippen LogP contribution in [0.1, 0.15) is 45.7 Å². The minimum absolute atomic E-state index is 0.0410. The number of nitrogens with one attached hydrogen (secondary N) is 1. The maximum absolute atomic E-state index is 12.3. The smallest absolute Gasteiger partial charge is 0.259 e. The van der Waals surface area contributed by atoms with Crippen LogP contribution in [0.25, 0.3) is 11.4 Å². The quantitative estimate of drug-likeness (QED) is 0.835. The highest BCUT2D eigenvalue weighted by molar-refractivity contribution is 6.15. The van der Waals surface area contributed by atoms with E-state index in [1.807, 2.05) is 19.9 Å². The number of rotatable bonds is 1. The van der Waals surface area contributed by atoms with E-state index < -0.39 is 0 Å². The van der Waals surface area contributed by atoms with Gasteiger partial charge < -0.3 is 10.2 Å². The minimum Gasteiger partial charge on any atom is -0.322 e. The van der Waals surface area contributed by atoms with E-state index in [1.165, 1.54) is 0 Å². The Kier molecular flexibility index (Phi) is 2.20. The van der Waals surface area contributed by atoms with Crippen molar-refractivity contribution in [1.29, 1.82) is 0 Å². The molecule has 0 saturated carbocycles. The lowest BCUT2D eigenvalue weighted by Gasteiger charge is -2.21. The van der Waals surface area contributed by atoms with Crippen LogP contribution in [0.15, 0.2) is 25.3 Å². The number of hydrogen-bond acceptors (Lipinski definition) is 2. The Morgan fingerprint density at radius 2 is 1.68 bits per heavy atom. The van der Waals surface area contributed by atoms with E-state index in [0.717, 1.165) is 11.1 Å². The summed E-state index contributed by atoms with van der Waals surface area (Å²) in [7, 11) is 0. The summed E-state index contributed by atoms with van der Waals surface area (Å²) in [6, 6.07) is 3.51. The van der Waals surface area contributed by atoms with E-state index in [4.69, 9.17) is 0 Å². The van der Waals surface area contributed by atoms with Gasteiger partial charge in [-0.25, -0.2) is 0 Å². The Hall–Kier alpha value is -2.36. The monoisotopic (exact) mass is 254 g/mol. The largest absolute Gasteiger partial charge is 0.322 e. The predicted molar refractivity (Wildman–Crippen MR) is 73.3 cm³/mol. The predicted octanol–water partition coefficient (Wildman–Crippen LogP) is 2.24. The number of nitrogens with zero attached hydrogens (tertiary/aromatic N) is 1. The fourth-order valence-electron chi connectivity index (χ4n) is 2.65. The summed E-state index contributed by atoms with van der Waals surface area (Å²) in [5.41, 5.74) is 3.85. The first-order valence-corrected chi connectivity index (χ1v) is 6.13. The molecule has 1 aromatic carbocycles. The summed E-state index contributed by atoms with van der Waals surface area (Å²) in [4.78, 5) is 25.8. The van der Waals surface area contributed by atoms with Crippen molar-refractivity contribution in [2.45, 2.75) is 19.9 Å². The minimum atomic E-state index is -0.204. The highest BCUT2D eigenvalue weighted by Gasteiger charge is 2.36. The van der Waals surface area contributed by atoms with Gasteiger partial charge in [-0.15, -0.1) is 0 Å². The summed E-state index contributed by atoms with van der Waals surface area (Å²) < 4.78 is 0. The van der Waals surface area contributed by atoms with Crippen molar-refractivity contribution in [3.05, 3.63) is 47.5 Å². The van der Waals surface area contributed by atoms with Crippen molar-refractivity contribution in [3.8, 4) is 0 Å². The Morgan fingerprint density at radius 3 is 2.32 bits per heavy atom. The number of amides is 2. The second-order valence-corrected chi connectivity index (χ2v) is 5.09. The summed E-state index contributed by atoms with van der Waals surface area (Å²) in [6.45, 7) is 11.7. The van der Waals surface area contributed by atoms with Gasteiger partial charge in [0.2, 0.25) is 0 Å². The van der Waals surface area contributed by atoms with Gasteiger partial charge in [-0.05, 0) is 26.0 Å². The van der Waals surface area contributed by atoms with Gasteiger partial charge in [-0.3, -0.25) is 9.59 Å². The van der Waals surface area contributed by atoms with E-state index in [1.54, 1.807) is 11.0 Å². The molecule has 0 aliphatic carbocycles. The van der Waals surface area contributed by atoms with Crippen LogP contribution in [0.3, 0.4) is 0 Å². The fourth-order valence-corrected chi connectivity index (χ4v) is 2.65. The van der Waals surface area contributed by atoms with E-state index in [9.17, 15) is 9.59 Å². The molecule has 4 nitrogen and oxygen atoms in total. The van der Waals surface area contributed by atoms with Crippen molar-refractivity contribution in [2.75, 3.05) is 0 Å². The van der Waals surface area contributed by atoms with Crippen molar-refractivity contribution in [3.63, 3.8) is 0 Å². The molecule has 0 spiro atoms. The van der Waals surface area contributed by atoms with Crippen molar-refractivity contribution < 1.29 is 9.59 Å². The Labute approximate surface area is 111 Å². The summed E-state index contributed by atoms with van der Waals surface area (Å²) in [6.07, 6.45) is 0. The molecule has 2 aliphatic heterocycles. The lowest BCUT2D eigenvalue weighted by molar-refractivity contribution is 0.0821. The molecule has 19 heavy (non-hydrogen) atoms. The molecule has 1 N–H and O–H groups in total. The van der Waals surface area contributed by atoms with Gasteiger partial charge in [0.1, 0.15) is 0 Å². The molecule has 0 aromatic heterocycles. The molecule has 96 valence electrons. The SMILES string of the molecule is C=C1NC(=O)c2cc3c(cc21)C(=C)N(C(C)C)C3=O. The van der Waals surface area contributed by atoms with Gasteiger partial charge >= 0.3 is 0 Å². The zero-order chi connectivity index (χ0) is 13.9. The standard InChI is InChI=1S/C15H14N2O2/c1-7(2)17-9(4)11-5-10-8(3)16-14(18)12(10)6-13(11)15(17)19/h5-7H,3-4H2,1-2H3,(H,16,18). The molecule has 0 unspecified atom stereocenters. The van der Waals surface area contributed by atoms with Crippen LogP contribution >= 0.6 is 0 Å². The average molecular weight is 254 g/mol. The third-order valence-corrected chi connectivity index (χ3v) is 3.56. The lowest BCUT2D eigenvalue weighted by Crippen LogP contribution is -2.29. The van der Waals surface area contributed by atoms with E-state index in [0.29, 0.717) is 22.5 Å². The molecular formula is C15H14N2O2. The highest BCUT2D eigenvalue weighted by Crippen LogP contribution is 2.37. The zero-order valence-electron chi connectivity index (χ0n) is 10.9. The number of benzene rings is 1. The average Bonchev–Trinajstić information content (AvgIpc) is 2.75. The van der Waals surface area contributed by atoms with Gasteiger partial charge in [-0.2, -0.15) is 0 Å². The number of fused-ring (bicyclic) bond motifs is 2. The maximum Gasteiger partial charge on any atom is 0.259 e. The van der Waals surface area contributed by atoms with Crippen LogP contribution < -0.4 is 5.32 Å². The first kappa shape index (κ1) is 11.7. The molecule has 0 bridgehead atoms. The first-order valence-electron chi connectivity index (χ1n) is 6.13. The lowest BCUT2D eigenvalue weighted by atomic mass is 9.99. The molecular weight excluding hydrogens is 240 g/mol. The van der Waals surface area contributed by atoms with Crippen LogP contribution in [-0.2, 0) is 0 Å². The maximum atomic E-state index is 12.3. The van der Waals surface area contributed by atoms with Crippen LogP contribution in [0.4, 0.5) is 0 Å². The van der Waals surface area contributed by atoms with Crippen molar-refractivity contribution in [2.24, 2.45) is 0 Å². The van der Waals surface area contributed by atoms with Gasteiger partial charge in [0.05, 0.1) is 5.56 Å². The van der Waals surface area contributed by atoms with E-state index in [-0.39, 0.29) is 17.9 Å². The van der Waals surface area contributed by atoms with Crippen molar-refractivity contribution in [1.82, 2.24) is 10.2 Å². The second kappa shape index (κ2) is 3.57. The third kappa shape index (κ3) is 1.40. The summed E-state index contributed by atoms with van der Waals surface area (Å²) in [5, 5.41) is 2.66. The van der Waals surface area contributed by atoms with Gasteiger partial charge in [0.25, 0.3) is 11.8 Å². The Bertz CT molecular complexity index is 618. The zero-order valence-corrected chi connectivity index (χ0v) is 10.9. The molecule has 2 aliphatic rings. The van der Waals surface area contributed by atoms with Gasteiger partial charge in [0.15, 0.2) is 0 Å². The van der Waals surface area contributed by atoms with Crippen LogP contribution in [-0.4, -0.2) is 22.8 Å². The van der Waals surface area contributed by atoms with Crippen LogP contribution in [0.2, 0.25) is 0 Å². The van der Waals surface area contributed by atoms with Crippen molar-refractivity contribution >= 4 is 23.2 Å². The molecule has 0 saturated heterocycles. The van der Waals surface area contributed by atoms with E-state index in [2.05, 4.69) is 18.5 Å². The first-order chi connectivity index (χ1) is 8.91. The van der Waals surface area contributed by atoms with Crippen LogP contribution in [0.5, 0.6) is 0 Å². The summed E-state index contributed by atoms with van der Waals surface area (Å²) >= 11 is 0. The fraction of sp³-hybridized carbons (Fsp3) is 0.200. The van der Waals surface area contributed by atoms with Gasteiger partial charge in [-0.1, -0.05) is 13.2 Å².